The van der Waals surface area contributed by atoms with Gasteiger partial charge in [-0.1, -0.05) is 58.0 Å². The van der Waals surface area contributed by atoms with Crippen molar-refractivity contribution in [3.8, 4) is 0 Å². The van der Waals surface area contributed by atoms with Crippen LogP contribution < -0.4 is 0 Å². The van der Waals surface area contributed by atoms with Crippen molar-refractivity contribution in [1.29, 1.82) is 0 Å². The molecule has 2 unspecified atom stereocenters. The zero-order chi connectivity index (χ0) is 25.3. The minimum Gasteiger partial charge on any atom is -0.480 e. The highest BCUT2D eigenvalue weighted by Gasteiger charge is 2.41. The molecule has 1 fully saturated rings. The highest BCUT2D eigenvalue weighted by molar-refractivity contribution is 7.59. The smallest absolute Gasteiger partial charge is 0.326 e. The molecule has 34 heavy (non-hydrogen) atoms. The van der Waals surface area contributed by atoms with Gasteiger partial charge in [0.25, 0.3) is 0 Å². The van der Waals surface area contributed by atoms with E-state index in [2.05, 4.69) is 0 Å². The first-order valence-electron chi connectivity index (χ1n) is 12.1. The Kier molecular flexibility index (Phi) is 10.8. The topological polar surface area (TPSA) is 110 Å². The van der Waals surface area contributed by atoms with Crippen LogP contribution in [0.2, 0.25) is 0 Å². The van der Waals surface area contributed by atoms with Crippen LogP contribution in [0.4, 0.5) is 0 Å². The van der Waals surface area contributed by atoms with Crippen molar-refractivity contribution in [3.63, 3.8) is 0 Å². The van der Waals surface area contributed by atoms with Crippen molar-refractivity contribution < 1.29 is 33.3 Å². The second-order valence-corrected chi connectivity index (χ2v) is 12.0. The molecule has 0 aromatic heterocycles. The monoisotopic (exact) mass is 495 g/mol. The molecule has 1 aromatic carbocycles. The third-order valence-electron chi connectivity index (χ3n) is 5.93. The number of carbonyl (C=O) groups is 3. The van der Waals surface area contributed by atoms with Gasteiger partial charge in [0, 0.05) is 25.0 Å². The molecule has 1 aliphatic heterocycles. The number of aliphatic carboxylic acids is 1. The summed E-state index contributed by atoms with van der Waals surface area (Å²) in [5, 5.41) is 9.52. The van der Waals surface area contributed by atoms with Crippen LogP contribution in [-0.4, -0.2) is 59.1 Å². The number of likely N-dealkylation sites (tertiary alicyclic amines) is 1. The number of carbonyl (C=O) groups excluding carboxylic acids is 2. The molecular formula is C25H38NO7P. The average Bonchev–Trinajstić information content (AvgIpc) is 3.19. The fourth-order valence-corrected chi connectivity index (χ4v) is 6.33. The first-order valence-corrected chi connectivity index (χ1v) is 14.1. The molecule has 1 saturated heterocycles. The lowest BCUT2D eigenvalue weighted by molar-refractivity contribution is -0.169. The molecule has 0 saturated carbocycles. The molecule has 8 nitrogen and oxygen atoms in total. The van der Waals surface area contributed by atoms with Gasteiger partial charge in [-0.15, -0.1) is 0 Å². The molecule has 4 atom stereocenters. The summed E-state index contributed by atoms with van der Waals surface area (Å²) in [5.74, 6) is -2.24. The maximum Gasteiger partial charge on any atom is 0.326 e. The van der Waals surface area contributed by atoms with Crippen LogP contribution in [0.5, 0.6) is 0 Å². The molecule has 2 rings (SSSR count). The van der Waals surface area contributed by atoms with Crippen LogP contribution in [0.1, 0.15) is 58.9 Å². The summed E-state index contributed by atoms with van der Waals surface area (Å²) in [6, 6.07) is 9.01. The zero-order valence-electron chi connectivity index (χ0n) is 20.6. The van der Waals surface area contributed by atoms with E-state index in [1.165, 1.54) is 10.5 Å². The summed E-state index contributed by atoms with van der Waals surface area (Å²) in [5.41, 5.74) is 1.17. The Balaban J connectivity index is 2.13. The maximum absolute atomic E-state index is 13.9. The Hall–Kier alpha value is -2.18. The summed E-state index contributed by atoms with van der Waals surface area (Å²) < 4.78 is 25.2. The fourth-order valence-electron chi connectivity index (χ4n) is 4.03. The zero-order valence-corrected chi connectivity index (χ0v) is 21.5. The molecule has 1 aromatic rings. The summed E-state index contributed by atoms with van der Waals surface area (Å²) in [7, 11) is -3.56. The summed E-state index contributed by atoms with van der Waals surface area (Å²) in [6.07, 6.45) is 1.35. The fraction of sp³-hybridized carbons (Fsp3) is 0.640. The summed E-state index contributed by atoms with van der Waals surface area (Å²) in [6.45, 7) is 7.44. The van der Waals surface area contributed by atoms with Crippen molar-refractivity contribution in [2.75, 3.05) is 18.9 Å². The lowest BCUT2D eigenvalue weighted by Crippen LogP contribution is -2.42. The number of carboxylic acids is 1. The van der Waals surface area contributed by atoms with Crippen molar-refractivity contribution in [2.24, 2.45) is 11.8 Å². The van der Waals surface area contributed by atoms with E-state index in [0.29, 0.717) is 19.4 Å². The number of carboxylic acid groups (broad SMARTS) is 1. The molecular weight excluding hydrogens is 457 g/mol. The first-order chi connectivity index (χ1) is 16.0. The van der Waals surface area contributed by atoms with E-state index < -0.39 is 43.7 Å². The van der Waals surface area contributed by atoms with Crippen LogP contribution in [0.3, 0.4) is 0 Å². The molecule has 0 spiro atoms. The Morgan fingerprint density at radius 3 is 2.44 bits per heavy atom. The third-order valence-corrected chi connectivity index (χ3v) is 8.27. The summed E-state index contributed by atoms with van der Waals surface area (Å²) >= 11 is 0. The van der Waals surface area contributed by atoms with Gasteiger partial charge < -0.3 is 14.7 Å². The minimum atomic E-state index is -3.56. The maximum atomic E-state index is 13.9. The average molecular weight is 496 g/mol. The Bertz CT molecular complexity index is 873. The number of nitrogens with zero attached hydrogens (tertiary/aromatic N) is 1. The van der Waals surface area contributed by atoms with Crippen molar-refractivity contribution in [2.45, 2.75) is 72.1 Å². The molecule has 0 bridgehead atoms. The summed E-state index contributed by atoms with van der Waals surface area (Å²) in [4.78, 5) is 37.9. The third kappa shape index (κ3) is 8.55. The van der Waals surface area contributed by atoms with Gasteiger partial charge in [-0.25, -0.2) is 4.79 Å². The predicted octanol–water partition coefficient (Wildman–Crippen LogP) is 4.56. The Labute approximate surface area is 202 Å². The van der Waals surface area contributed by atoms with Gasteiger partial charge in [-0.3, -0.25) is 18.7 Å². The Morgan fingerprint density at radius 1 is 1.18 bits per heavy atom. The van der Waals surface area contributed by atoms with Crippen LogP contribution in [0.25, 0.3) is 0 Å². The van der Waals surface area contributed by atoms with Crippen molar-refractivity contribution in [3.05, 3.63) is 35.9 Å². The van der Waals surface area contributed by atoms with Crippen molar-refractivity contribution >= 4 is 25.2 Å². The van der Waals surface area contributed by atoms with Crippen LogP contribution in [0.15, 0.2) is 30.3 Å². The molecule has 1 heterocycles. The highest BCUT2D eigenvalue weighted by Crippen LogP contribution is 2.50. The second-order valence-electron chi connectivity index (χ2n) is 9.44. The number of unbranched alkanes of at least 4 members (excludes halogenated alkanes) is 1. The van der Waals surface area contributed by atoms with Gasteiger partial charge in [0.2, 0.25) is 19.6 Å². The lowest BCUT2D eigenvalue weighted by atomic mass is 10.1. The largest absolute Gasteiger partial charge is 0.480 e. The van der Waals surface area contributed by atoms with E-state index in [9.17, 15) is 24.1 Å². The molecule has 1 N–H and O–H groups in total. The number of benzene rings is 1. The van der Waals surface area contributed by atoms with E-state index in [0.717, 1.165) is 12.8 Å². The number of hydrogen-bond donors (Lipinski definition) is 1. The lowest BCUT2D eigenvalue weighted by Gasteiger charge is -2.29. The van der Waals surface area contributed by atoms with E-state index in [-0.39, 0.29) is 24.4 Å². The van der Waals surface area contributed by atoms with Gasteiger partial charge in [0.15, 0.2) is 0 Å². The number of ether oxygens (including phenoxy) is 1. The number of amides is 1. The van der Waals surface area contributed by atoms with E-state index in [1.54, 1.807) is 20.8 Å². The van der Waals surface area contributed by atoms with E-state index in [4.69, 9.17) is 9.26 Å². The van der Waals surface area contributed by atoms with Crippen molar-refractivity contribution in [1.82, 2.24) is 4.90 Å². The second kappa shape index (κ2) is 13.1. The molecule has 1 amide bonds. The number of esters is 1. The van der Waals surface area contributed by atoms with E-state index >= 15 is 0 Å². The van der Waals surface area contributed by atoms with Crippen LogP contribution >= 0.6 is 7.37 Å². The normalized spacial score (nSPS) is 20.7. The first kappa shape index (κ1) is 28.1. The SMILES string of the molecule is CCC(=O)OC(OP(=O)(CCCCc1ccccc1)CC(=O)N1C[C@H](C)C[C@H]1C(=O)O)C(C)C. The molecule has 190 valence electrons. The Morgan fingerprint density at radius 2 is 1.85 bits per heavy atom. The number of aryl methyl sites for hydroxylation is 1. The van der Waals surface area contributed by atoms with Gasteiger partial charge in [0.1, 0.15) is 12.2 Å². The molecule has 0 radical (unpaired) electrons. The molecule has 9 heteroatoms. The highest BCUT2D eigenvalue weighted by atomic mass is 31.2. The van der Waals surface area contributed by atoms with Gasteiger partial charge in [-0.2, -0.15) is 0 Å². The van der Waals surface area contributed by atoms with Gasteiger partial charge >= 0.3 is 11.9 Å². The number of rotatable bonds is 13. The molecule has 0 aliphatic carbocycles. The quantitative estimate of drug-likeness (QED) is 0.185. The molecule has 1 aliphatic rings. The van der Waals surface area contributed by atoms with Gasteiger partial charge in [0.05, 0.1) is 0 Å². The van der Waals surface area contributed by atoms with Crippen LogP contribution in [-0.2, 0) is 34.6 Å². The number of hydrogen-bond acceptors (Lipinski definition) is 6. The predicted molar refractivity (Wildman–Crippen MR) is 130 cm³/mol. The van der Waals surface area contributed by atoms with Gasteiger partial charge in [-0.05, 0) is 37.2 Å². The minimum absolute atomic E-state index is 0.0464. The van der Waals surface area contributed by atoms with Crippen LogP contribution in [0, 0.1) is 11.8 Å². The van der Waals surface area contributed by atoms with E-state index in [1.807, 2.05) is 37.3 Å². The standard InChI is InChI=1S/C25H38NO7P/c1-5-23(28)32-25(18(2)3)33-34(31,14-10-9-13-20-11-7-6-8-12-20)17-22(27)26-16-19(4)15-21(26)24(29)30/h6-8,11-12,18-19,21,25H,5,9-10,13-17H2,1-4H3,(H,29,30)/t19-,21+,25?,34?/m1/s1.